The molecule has 48 heavy (non-hydrogen) atoms. The summed E-state index contributed by atoms with van der Waals surface area (Å²) in [7, 11) is 3.70. The summed E-state index contributed by atoms with van der Waals surface area (Å²) >= 11 is 0. The summed E-state index contributed by atoms with van der Waals surface area (Å²) in [5.74, 6) is 0. The van der Waals surface area contributed by atoms with Crippen LogP contribution in [0.4, 0.5) is 0 Å². The van der Waals surface area contributed by atoms with Crippen molar-refractivity contribution in [1.29, 1.82) is 0 Å². The van der Waals surface area contributed by atoms with Gasteiger partial charge in [0, 0.05) is 19.6 Å². The largest absolute Gasteiger partial charge is 1.00 e. The van der Waals surface area contributed by atoms with Crippen LogP contribution in [0.15, 0.2) is 24.3 Å². The SMILES string of the molecule is CCCCCCCC/C=C\CCCCCCCCOCC(CC(C)[N+](C)(C)O)OCCCCCCCC/C=C\CCCCCCCC.[Br-]. The number of hydrogen-bond acceptors (Lipinski definition) is 3. The summed E-state index contributed by atoms with van der Waals surface area (Å²) in [6.45, 7) is 8.93. The molecular formula is C43H86BrNO3. The molecule has 2 atom stereocenters. The molecule has 0 aromatic carbocycles. The van der Waals surface area contributed by atoms with Crippen LogP contribution in [0, 0.1) is 0 Å². The minimum atomic E-state index is -0.0248. The van der Waals surface area contributed by atoms with E-state index in [1.807, 2.05) is 14.1 Å². The number of hydrogen-bond donors (Lipinski definition) is 1. The summed E-state index contributed by atoms with van der Waals surface area (Å²) in [5.41, 5.74) is 0. The Balaban J connectivity index is 0. The van der Waals surface area contributed by atoms with E-state index in [2.05, 4.69) is 45.1 Å². The first kappa shape index (κ1) is 49.9. The molecule has 0 radical (unpaired) electrons. The Labute approximate surface area is 312 Å². The Morgan fingerprint density at radius 3 is 1.21 bits per heavy atom. The zero-order valence-corrected chi connectivity index (χ0v) is 34.8. The molecule has 5 heteroatoms. The van der Waals surface area contributed by atoms with E-state index in [4.69, 9.17) is 9.47 Å². The van der Waals surface area contributed by atoms with Gasteiger partial charge in [-0.3, -0.25) is 0 Å². The second-order valence-corrected chi connectivity index (χ2v) is 15.0. The quantitative estimate of drug-likeness (QED) is 0.0296. The van der Waals surface area contributed by atoms with Crippen LogP contribution in [0.1, 0.15) is 207 Å². The van der Waals surface area contributed by atoms with Gasteiger partial charge in [0.15, 0.2) is 0 Å². The second kappa shape index (κ2) is 39.6. The summed E-state index contributed by atoms with van der Waals surface area (Å²) in [6, 6.07) is 0.119. The van der Waals surface area contributed by atoms with Crippen LogP contribution in [-0.2, 0) is 9.47 Å². The van der Waals surface area contributed by atoms with Crippen molar-refractivity contribution >= 4 is 0 Å². The topological polar surface area (TPSA) is 38.7 Å². The molecule has 0 bridgehead atoms. The van der Waals surface area contributed by atoms with E-state index in [0.717, 1.165) is 32.5 Å². The molecule has 0 amide bonds. The summed E-state index contributed by atoms with van der Waals surface area (Å²) in [4.78, 5) is 0. The molecule has 0 aliphatic carbocycles. The predicted molar refractivity (Wildman–Crippen MR) is 207 cm³/mol. The number of allylic oxidation sites excluding steroid dienone is 4. The zero-order chi connectivity index (χ0) is 34.5. The fourth-order valence-corrected chi connectivity index (χ4v) is 6.09. The van der Waals surface area contributed by atoms with Crippen LogP contribution < -0.4 is 17.0 Å². The van der Waals surface area contributed by atoms with Gasteiger partial charge in [0.1, 0.15) is 6.04 Å². The molecule has 0 rings (SSSR count). The maximum absolute atomic E-state index is 10.4. The Kier molecular flexibility index (Phi) is 41.2. The Morgan fingerprint density at radius 1 is 0.500 bits per heavy atom. The number of rotatable bonds is 38. The van der Waals surface area contributed by atoms with E-state index >= 15 is 0 Å². The maximum atomic E-state index is 10.4. The lowest BCUT2D eigenvalue weighted by molar-refractivity contribution is -1.09. The van der Waals surface area contributed by atoms with Gasteiger partial charge in [0.25, 0.3) is 0 Å². The van der Waals surface area contributed by atoms with Gasteiger partial charge in [-0.2, -0.15) is 4.65 Å². The number of hydroxylamine groups is 3. The predicted octanol–water partition coefficient (Wildman–Crippen LogP) is 10.7. The fraction of sp³-hybridized carbons (Fsp3) is 0.907. The van der Waals surface area contributed by atoms with Crippen LogP contribution in [0.25, 0.3) is 0 Å². The molecule has 0 aromatic rings. The molecule has 0 aliphatic rings. The van der Waals surface area contributed by atoms with Crippen molar-refractivity contribution in [3.8, 4) is 0 Å². The highest BCUT2D eigenvalue weighted by Gasteiger charge is 2.26. The highest BCUT2D eigenvalue weighted by Crippen LogP contribution is 2.15. The normalized spacial score (nSPS) is 13.5. The molecule has 0 heterocycles. The number of ether oxygens (including phenoxy) is 2. The molecule has 4 nitrogen and oxygen atoms in total. The minimum Gasteiger partial charge on any atom is -1.00 e. The first-order valence-corrected chi connectivity index (χ1v) is 21.0. The number of halogens is 1. The van der Waals surface area contributed by atoms with Crippen LogP contribution in [0.5, 0.6) is 0 Å². The maximum Gasteiger partial charge on any atom is 0.118 e. The van der Waals surface area contributed by atoms with E-state index in [1.54, 1.807) is 0 Å². The van der Waals surface area contributed by atoms with Gasteiger partial charge in [-0.1, -0.05) is 154 Å². The Hall–Kier alpha value is -0.200. The van der Waals surface area contributed by atoms with Gasteiger partial charge in [-0.05, 0) is 71.1 Å². The molecule has 0 fully saturated rings. The Morgan fingerprint density at radius 2 is 0.833 bits per heavy atom. The number of nitrogens with zero attached hydrogens (tertiary/aromatic N) is 1. The molecular weight excluding hydrogens is 658 g/mol. The van der Waals surface area contributed by atoms with Gasteiger partial charge >= 0.3 is 0 Å². The van der Waals surface area contributed by atoms with Crippen molar-refractivity contribution in [2.24, 2.45) is 0 Å². The summed E-state index contributed by atoms with van der Waals surface area (Å²) in [6.07, 6.45) is 47.6. The first-order chi connectivity index (χ1) is 22.9. The van der Waals surface area contributed by atoms with E-state index in [0.29, 0.717) is 6.61 Å². The minimum absolute atomic E-state index is 0. The third-order valence-corrected chi connectivity index (χ3v) is 9.80. The van der Waals surface area contributed by atoms with E-state index < -0.39 is 0 Å². The van der Waals surface area contributed by atoms with Crippen molar-refractivity contribution in [2.75, 3.05) is 33.9 Å². The second-order valence-electron chi connectivity index (χ2n) is 15.0. The van der Waals surface area contributed by atoms with Crippen LogP contribution in [0.3, 0.4) is 0 Å². The van der Waals surface area contributed by atoms with Crippen LogP contribution >= 0.6 is 0 Å². The molecule has 288 valence electrons. The monoisotopic (exact) mass is 744 g/mol. The molecule has 2 unspecified atom stereocenters. The lowest BCUT2D eigenvalue weighted by Gasteiger charge is -2.30. The lowest BCUT2D eigenvalue weighted by Crippen LogP contribution is -3.00. The zero-order valence-electron chi connectivity index (χ0n) is 33.2. The van der Waals surface area contributed by atoms with Crippen molar-refractivity contribution < 1.29 is 36.3 Å². The van der Waals surface area contributed by atoms with Crippen molar-refractivity contribution in [2.45, 2.75) is 219 Å². The summed E-state index contributed by atoms with van der Waals surface area (Å²) in [5, 5.41) is 10.4. The van der Waals surface area contributed by atoms with Crippen molar-refractivity contribution in [3.63, 3.8) is 0 Å². The third-order valence-electron chi connectivity index (χ3n) is 9.80. The summed E-state index contributed by atoms with van der Waals surface area (Å²) < 4.78 is 12.4. The van der Waals surface area contributed by atoms with E-state index in [9.17, 15) is 5.21 Å². The van der Waals surface area contributed by atoms with Crippen molar-refractivity contribution in [3.05, 3.63) is 24.3 Å². The van der Waals surface area contributed by atoms with Gasteiger partial charge < -0.3 is 26.5 Å². The smallest absolute Gasteiger partial charge is 0.118 e. The molecule has 0 aromatic heterocycles. The molecule has 0 spiro atoms. The lowest BCUT2D eigenvalue weighted by atomic mass is 10.1. The third kappa shape index (κ3) is 38.6. The van der Waals surface area contributed by atoms with Gasteiger partial charge in [0.05, 0.1) is 26.8 Å². The molecule has 1 N–H and O–H groups in total. The number of quaternary nitrogens is 1. The van der Waals surface area contributed by atoms with Gasteiger partial charge in [0.2, 0.25) is 0 Å². The van der Waals surface area contributed by atoms with Crippen LogP contribution in [-0.4, -0.2) is 55.9 Å². The van der Waals surface area contributed by atoms with Gasteiger partial charge in [-0.25, -0.2) is 5.21 Å². The highest BCUT2D eigenvalue weighted by atomic mass is 79.9. The van der Waals surface area contributed by atoms with Gasteiger partial charge in [-0.15, -0.1) is 0 Å². The molecule has 0 aliphatic heterocycles. The average Bonchev–Trinajstić information content (AvgIpc) is 3.04. The number of unbranched alkanes of at least 4 members (excludes halogenated alkanes) is 24. The standard InChI is InChI=1S/C43H86NO3.BrH/c1-6-8-10-12-14-16-18-20-22-24-26-28-30-32-34-36-38-46-41-43(40-42(3)44(4,5)45)47-39-37-35-33-31-29-27-25-23-21-19-17-15-13-11-9-7-2;/h20-23,42-43,45H,6-19,24-41H2,1-5H3;1H/q+1;/p-1/b22-20-,23-21-;. The van der Waals surface area contributed by atoms with Crippen LogP contribution in [0.2, 0.25) is 0 Å². The van der Waals surface area contributed by atoms with E-state index in [-0.39, 0.29) is 33.8 Å². The average molecular weight is 745 g/mol. The van der Waals surface area contributed by atoms with E-state index in [1.165, 1.54) is 167 Å². The molecule has 0 saturated heterocycles. The Bertz CT molecular complexity index is 663. The molecule has 0 saturated carbocycles. The first-order valence-electron chi connectivity index (χ1n) is 21.0. The highest BCUT2D eigenvalue weighted by molar-refractivity contribution is 4.82. The fourth-order valence-electron chi connectivity index (χ4n) is 6.09. The van der Waals surface area contributed by atoms with Crippen molar-refractivity contribution in [1.82, 2.24) is 0 Å².